The summed E-state index contributed by atoms with van der Waals surface area (Å²) < 4.78 is 36.6. The van der Waals surface area contributed by atoms with Crippen LogP contribution < -0.4 is 0 Å². The number of hydrogen-bond donors (Lipinski definition) is 0. The molecule has 0 N–H and O–H groups in total. The van der Waals surface area contributed by atoms with Crippen LogP contribution in [0.2, 0.25) is 0 Å². The van der Waals surface area contributed by atoms with Crippen molar-refractivity contribution in [1.29, 1.82) is 5.26 Å². The van der Waals surface area contributed by atoms with Crippen LogP contribution in [0.15, 0.2) is 29.2 Å². The zero-order valence-corrected chi connectivity index (χ0v) is 15.4. The first kappa shape index (κ1) is 19.9. The summed E-state index contributed by atoms with van der Waals surface area (Å²) >= 11 is 0. The van der Waals surface area contributed by atoms with Gasteiger partial charge in [0.1, 0.15) is 6.07 Å². The number of sulfonamides is 1. The fraction of sp³-hybridized carbons (Fsp3) is 0.471. The quantitative estimate of drug-likeness (QED) is 0.708. The van der Waals surface area contributed by atoms with Gasteiger partial charge in [0, 0.05) is 13.1 Å². The number of esters is 2. The van der Waals surface area contributed by atoms with Gasteiger partial charge in [-0.3, -0.25) is 4.79 Å². The molecule has 9 heteroatoms. The van der Waals surface area contributed by atoms with E-state index in [-0.39, 0.29) is 36.4 Å². The molecule has 1 saturated heterocycles. The SMILES string of the molecule is COC(=O)c1ccccc1S(=O)(=O)N1CCC(C(=O)O[C@@H](C)C#N)CC1. The largest absolute Gasteiger partial charge is 0.465 e. The molecule has 1 aromatic rings. The standard InChI is InChI=1S/C17H20N2O6S/c1-12(11-18)25-16(20)13-7-9-19(10-8-13)26(22,23)15-6-4-3-5-14(15)17(21)24-2/h3-6,12-13H,7-10H2,1-2H3/t12-/m0/s1. The van der Waals surface area contributed by atoms with E-state index in [1.165, 1.54) is 36.5 Å². The molecule has 1 fully saturated rings. The zero-order chi connectivity index (χ0) is 19.3. The number of carbonyl (C=O) groups excluding carboxylic acids is 2. The van der Waals surface area contributed by atoms with Crippen LogP contribution in [0.1, 0.15) is 30.1 Å². The number of hydrogen-bond acceptors (Lipinski definition) is 7. The number of carbonyl (C=O) groups is 2. The summed E-state index contributed by atoms with van der Waals surface area (Å²) in [6.45, 7) is 1.72. The first-order chi connectivity index (χ1) is 12.3. The highest BCUT2D eigenvalue weighted by molar-refractivity contribution is 7.89. The van der Waals surface area contributed by atoms with E-state index in [2.05, 4.69) is 4.74 Å². The maximum absolute atomic E-state index is 12.9. The number of piperidine rings is 1. The molecule has 26 heavy (non-hydrogen) atoms. The number of rotatable bonds is 5. The Balaban J connectivity index is 2.13. The molecule has 0 amide bonds. The fourth-order valence-electron chi connectivity index (χ4n) is 2.74. The van der Waals surface area contributed by atoms with Gasteiger partial charge in [-0.05, 0) is 31.9 Å². The first-order valence-electron chi connectivity index (χ1n) is 8.09. The van der Waals surface area contributed by atoms with Crippen LogP contribution in [0.3, 0.4) is 0 Å². The van der Waals surface area contributed by atoms with Crippen molar-refractivity contribution in [3.8, 4) is 6.07 Å². The lowest BCUT2D eigenvalue weighted by Gasteiger charge is -2.30. The van der Waals surface area contributed by atoms with Crippen molar-refractivity contribution >= 4 is 22.0 Å². The Morgan fingerprint density at radius 1 is 1.27 bits per heavy atom. The van der Waals surface area contributed by atoms with Crippen LogP contribution in [0.25, 0.3) is 0 Å². The minimum absolute atomic E-state index is 0.0284. The Morgan fingerprint density at radius 2 is 1.88 bits per heavy atom. The Morgan fingerprint density at radius 3 is 2.46 bits per heavy atom. The molecule has 2 rings (SSSR count). The summed E-state index contributed by atoms with van der Waals surface area (Å²) in [5.41, 5.74) is -0.0284. The van der Waals surface area contributed by atoms with Gasteiger partial charge in [0.05, 0.1) is 23.5 Å². The van der Waals surface area contributed by atoms with E-state index in [0.717, 1.165) is 0 Å². The number of nitriles is 1. The smallest absolute Gasteiger partial charge is 0.339 e. The normalized spacial score (nSPS) is 17.1. The molecule has 1 aliphatic rings. The Kier molecular flexibility index (Phi) is 6.34. The molecule has 0 bridgehead atoms. The fourth-order valence-corrected chi connectivity index (χ4v) is 4.39. The maximum Gasteiger partial charge on any atom is 0.339 e. The van der Waals surface area contributed by atoms with E-state index >= 15 is 0 Å². The predicted molar refractivity (Wildman–Crippen MR) is 90.4 cm³/mol. The third-order valence-electron chi connectivity index (χ3n) is 4.17. The summed E-state index contributed by atoms with van der Waals surface area (Å²) in [6, 6.07) is 7.67. The van der Waals surface area contributed by atoms with E-state index < -0.39 is 34.0 Å². The number of nitrogens with zero attached hydrogens (tertiary/aromatic N) is 2. The molecule has 0 saturated carbocycles. The second kappa shape index (κ2) is 8.29. The molecule has 0 aromatic heterocycles. The highest BCUT2D eigenvalue weighted by atomic mass is 32.2. The third-order valence-corrected chi connectivity index (χ3v) is 6.13. The van der Waals surface area contributed by atoms with Crippen LogP contribution >= 0.6 is 0 Å². The molecule has 0 aliphatic carbocycles. The van der Waals surface area contributed by atoms with Crippen LogP contribution in [0, 0.1) is 17.2 Å². The van der Waals surface area contributed by atoms with Gasteiger partial charge in [0.25, 0.3) is 0 Å². The van der Waals surface area contributed by atoms with Crippen molar-refractivity contribution in [2.45, 2.75) is 30.8 Å². The Hall–Kier alpha value is -2.44. The van der Waals surface area contributed by atoms with E-state index in [0.29, 0.717) is 0 Å². The molecular weight excluding hydrogens is 360 g/mol. The molecule has 1 aromatic carbocycles. The van der Waals surface area contributed by atoms with Gasteiger partial charge in [-0.2, -0.15) is 9.57 Å². The average molecular weight is 380 g/mol. The summed E-state index contributed by atoms with van der Waals surface area (Å²) in [7, 11) is -2.71. The highest BCUT2D eigenvalue weighted by Crippen LogP contribution is 2.27. The third kappa shape index (κ3) is 4.20. The molecule has 1 heterocycles. The van der Waals surface area contributed by atoms with Crippen molar-refractivity contribution in [3.05, 3.63) is 29.8 Å². The molecular formula is C17H20N2O6S. The summed E-state index contributed by atoms with van der Waals surface area (Å²) in [6.07, 6.45) is -0.260. The van der Waals surface area contributed by atoms with E-state index in [4.69, 9.17) is 10.00 Å². The van der Waals surface area contributed by atoms with E-state index in [1.807, 2.05) is 6.07 Å². The average Bonchev–Trinajstić information content (AvgIpc) is 2.67. The summed E-state index contributed by atoms with van der Waals surface area (Å²) in [5, 5.41) is 8.70. The van der Waals surface area contributed by atoms with Gasteiger partial charge < -0.3 is 9.47 Å². The van der Waals surface area contributed by atoms with Gasteiger partial charge in [-0.25, -0.2) is 13.2 Å². The maximum atomic E-state index is 12.9. The van der Waals surface area contributed by atoms with Crippen molar-refractivity contribution < 1.29 is 27.5 Å². The van der Waals surface area contributed by atoms with Crippen molar-refractivity contribution in [3.63, 3.8) is 0 Å². The lowest BCUT2D eigenvalue weighted by atomic mass is 9.98. The monoisotopic (exact) mass is 380 g/mol. The molecule has 0 radical (unpaired) electrons. The summed E-state index contributed by atoms with van der Waals surface area (Å²) in [5.74, 6) is -1.67. The van der Waals surface area contributed by atoms with Crippen LogP contribution in [0.5, 0.6) is 0 Å². The first-order valence-corrected chi connectivity index (χ1v) is 9.53. The highest BCUT2D eigenvalue weighted by Gasteiger charge is 2.35. The zero-order valence-electron chi connectivity index (χ0n) is 14.5. The predicted octanol–water partition coefficient (Wildman–Crippen LogP) is 1.33. The minimum Gasteiger partial charge on any atom is -0.465 e. The topological polar surface area (TPSA) is 114 Å². The Bertz CT molecular complexity index is 822. The molecule has 1 aliphatic heterocycles. The minimum atomic E-state index is -3.90. The van der Waals surface area contributed by atoms with Crippen molar-refractivity contribution in [2.24, 2.45) is 5.92 Å². The number of ether oxygens (including phenoxy) is 2. The number of methoxy groups -OCH3 is 1. The van der Waals surface area contributed by atoms with Crippen molar-refractivity contribution in [1.82, 2.24) is 4.31 Å². The van der Waals surface area contributed by atoms with Crippen LogP contribution in [-0.4, -0.2) is 51.0 Å². The van der Waals surface area contributed by atoms with Crippen molar-refractivity contribution in [2.75, 3.05) is 20.2 Å². The second-order valence-corrected chi connectivity index (χ2v) is 7.78. The lowest BCUT2D eigenvalue weighted by molar-refractivity contribution is -0.152. The molecule has 0 unspecified atom stereocenters. The molecule has 140 valence electrons. The van der Waals surface area contributed by atoms with Gasteiger partial charge in [-0.15, -0.1) is 0 Å². The summed E-state index contributed by atoms with van der Waals surface area (Å²) in [4.78, 5) is 23.7. The van der Waals surface area contributed by atoms with Gasteiger partial charge in [0.15, 0.2) is 6.10 Å². The van der Waals surface area contributed by atoms with Crippen LogP contribution in [-0.2, 0) is 24.3 Å². The van der Waals surface area contributed by atoms with E-state index in [1.54, 1.807) is 6.07 Å². The van der Waals surface area contributed by atoms with Gasteiger partial charge in [0.2, 0.25) is 10.0 Å². The Labute approximate surface area is 152 Å². The molecule has 1 atom stereocenters. The number of benzene rings is 1. The molecule has 8 nitrogen and oxygen atoms in total. The molecule has 0 spiro atoms. The second-order valence-electron chi connectivity index (χ2n) is 5.87. The van der Waals surface area contributed by atoms with Gasteiger partial charge >= 0.3 is 11.9 Å². The van der Waals surface area contributed by atoms with E-state index in [9.17, 15) is 18.0 Å². The van der Waals surface area contributed by atoms with Gasteiger partial charge in [-0.1, -0.05) is 12.1 Å². The van der Waals surface area contributed by atoms with Crippen LogP contribution in [0.4, 0.5) is 0 Å². The lowest BCUT2D eigenvalue weighted by Crippen LogP contribution is -2.41.